The van der Waals surface area contributed by atoms with Gasteiger partial charge >= 0.3 is 0 Å². The van der Waals surface area contributed by atoms with Crippen molar-refractivity contribution in [3.63, 3.8) is 0 Å². The van der Waals surface area contributed by atoms with Crippen LogP contribution in [0.3, 0.4) is 0 Å². The van der Waals surface area contributed by atoms with E-state index < -0.39 is 23.3 Å². The molecule has 1 atom stereocenters. The molecule has 0 saturated carbocycles. The predicted molar refractivity (Wildman–Crippen MR) is 68.9 cm³/mol. The summed E-state index contributed by atoms with van der Waals surface area (Å²) in [5.41, 5.74) is 6.19. The second-order valence-electron chi connectivity index (χ2n) is 4.19. The van der Waals surface area contributed by atoms with Crippen molar-refractivity contribution >= 4 is 5.78 Å². The topological polar surface area (TPSA) is 43.1 Å². The molecular formula is C15H13F2NO. The summed E-state index contributed by atoms with van der Waals surface area (Å²) < 4.78 is 26.5. The molecule has 0 bridgehead atoms. The van der Waals surface area contributed by atoms with Crippen molar-refractivity contribution < 1.29 is 13.6 Å². The van der Waals surface area contributed by atoms with Gasteiger partial charge in [0, 0.05) is 12.6 Å². The van der Waals surface area contributed by atoms with Crippen LogP contribution in [0.5, 0.6) is 0 Å². The van der Waals surface area contributed by atoms with Crippen LogP contribution in [0.25, 0.3) is 0 Å². The fourth-order valence-electron chi connectivity index (χ4n) is 1.96. The molecule has 2 aromatic rings. The maximum Gasteiger partial charge on any atom is 0.174 e. The first-order valence-electron chi connectivity index (χ1n) is 5.87. The van der Waals surface area contributed by atoms with Gasteiger partial charge in [0.15, 0.2) is 5.78 Å². The molecule has 0 radical (unpaired) electrons. The molecule has 0 aliphatic heterocycles. The first-order valence-corrected chi connectivity index (χ1v) is 5.87. The van der Waals surface area contributed by atoms with Gasteiger partial charge in [0.05, 0.1) is 11.5 Å². The van der Waals surface area contributed by atoms with Crippen molar-refractivity contribution in [2.75, 3.05) is 6.54 Å². The number of Topliss-reactive ketones (excluding diaryl/α,β-unsaturated/α-hetero) is 1. The highest BCUT2D eigenvalue weighted by Gasteiger charge is 2.23. The summed E-state index contributed by atoms with van der Waals surface area (Å²) in [7, 11) is 0. The summed E-state index contributed by atoms with van der Waals surface area (Å²) in [4.78, 5) is 12.3. The average Bonchev–Trinajstić information content (AvgIpc) is 2.40. The van der Waals surface area contributed by atoms with E-state index >= 15 is 0 Å². The molecular weight excluding hydrogens is 248 g/mol. The van der Waals surface area contributed by atoms with Crippen LogP contribution in [0.1, 0.15) is 21.8 Å². The van der Waals surface area contributed by atoms with Crippen molar-refractivity contribution in [2.45, 2.75) is 5.92 Å². The summed E-state index contributed by atoms with van der Waals surface area (Å²) >= 11 is 0. The maximum atomic E-state index is 13.6. The van der Waals surface area contributed by atoms with E-state index in [1.807, 2.05) is 6.07 Å². The van der Waals surface area contributed by atoms with E-state index in [2.05, 4.69) is 0 Å². The first-order chi connectivity index (χ1) is 9.13. The number of carbonyl (C=O) groups excluding carboxylic acids is 1. The van der Waals surface area contributed by atoms with E-state index in [1.165, 1.54) is 0 Å². The van der Waals surface area contributed by atoms with Crippen LogP contribution < -0.4 is 5.73 Å². The highest BCUT2D eigenvalue weighted by molar-refractivity contribution is 6.01. The predicted octanol–water partition coefficient (Wildman–Crippen LogP) is 2.89. The molecule has 0 heterocycles. The normalized spacial score (nSPS) is 12.2. The quantitative estimate of drug-likeness (QED) is 0.860. The van der Waals surface area contributed by atoms with Gasteiger partial charge in [0.2, 0.25) is 0 Å². The molecule has 0 aromatic heterocycles. The molecule has 2 nitrogen and oxygen atoms in total. The van der Waals surface area contributed by atoms with Gasteiger partial charge in [-0.3, -0.25) is 4.79 Å². The summed E-state index contributed by atoms with van der Waals surface area (Å²) in [5, 5.41) is 0. The molecule has 0 fully saturated rings. The molecule has 0 spiro atoms. The molecule has 0 amide bonds. The van der Waals surface area contributed by atoms with E-state index in [-0.39, 0.29) is 12.1 Å². The van der Waals surface area contributed by atoms with E-state index in [4.69, 9.17) is 5.73 Å². The number of benzene rings is 2. The molecule has 2 N–H and O–H groups in total. The molecule has 2 aromatic carbocycles. The third-order valence-corrected chi connectivity index (χ3v) is 2.95. The Hall–Kier alpha value is -2.07. The van der Waals surface area contributed by atoms with Gasteiger partial charge in [0.25, 0.3) is 0 Å². The zero-order valence-corrected chi connectivity index (χ0v) is 10.1. The summed E-state index contributed by atoms with van der Waals surface area (Å²) in [6, 6.07) is 11.8. The molecule has 0 aliphatic rings. The highest BCUT2D eigenvalue weighted by Crippen LogP contribution is 2.22. The van der Waals surface area contributed by atoms with Crippen LogP contribution in [0.2, 0.25) is 0 Å². The number of hydrogen-bond donors (Lipinski definition) is 1. The van der Waals surface area contributed by atoms with Crippen LogP contribution in [-0.4, -0.2) is 12.3 Å². The van der Waals surface area contributed by atoms with Gasteiger partial charge in [-0.25, -0.2) is 8.78 Å². The first kappa shape index (κ1) is 13.4. The zero-order chi connectivity index (χ0) is 13.8. The van der Waals surface area contributed by atoms with Gasteiger partial charge in [-0.2, -0.15) is 0 Å². The second kappa shape index (κ2) is 5.71. The van der Waals surface area contributed by atoms with Crippen LogP contribution in [0.4, 0.5) is 8.78 Å². The summed E-state index contributed by atoms with van der Waals surface area (Å²) in [6.45, 7) is 0.0691. The fraction of sp³-hybridized carbons (Fsp3) is 0.133. The minimum Gasteiger partial charge on any atom is -0.329 e. The van der Waals surface area contributed by atoms with Gasteiger partial charge in [-0.05, 0) is 17.7 Å². The van der Waals surface area contributed by atoms with Crippen molar-refractivity contribution in [3.8, 4) is 0 Å². The van der Waals surface area contributed by atoms with Crippen molar-refractivity contribution in [3.05, 3.63) is 71.3 Å². The standard InChI is InChI=1S/C15H13F2NO/c16-11-6-7-12(14(17)8-11)15(19)13(9-18)10-4-2-1-3-5-10/h1-8,13H,9,18H2. The van der Waals surface area contributed by atoms with Gasteiger partial charge in [0.1, 0.15) is 11.6 Å². The molecule has 98 valence electrons. The average molecular weight is 261 g/mol. The van der Waals surface area contributed by atoms with Crippen molar-refractivity contribution in [1.29, 1.82) is 0 Å². The number of rotatable bonds is 4. The van der Waals surface area contributed by atoms with E-state index in [1.54, 1.807) is 24.3 Å². The molecule has 2 rings (SSSR count). The largest absolute Gasteiger partial charge is 0.329 e. The Balaban J connectivity index is 2.36. The minimum atomic E-state index is -0.862. The smallest absolute Gasteiger partial charge is 0.174 e. The van der Waals surface area contributed by atoms with Crippen LogP contribution in [0.15, 0.2) is 48.5 Å². The third-order valence-electron chi connectivity index (χ3n) is 2.95. The maximum absolute atomic E-state index is 13.6. The molecule has 19 heavy (non-hydrogen) atoms. The monoisotopic (exact) mass is 261 g/mol. The Bertz CT molecular complexity index is 584. The Morgan fingerprint density at radius 1 is 1.11 bits per heavy atom. The van der Waals surface area contributed by atoms with E-state index in [9.17, 15) is 13.6 Å². The number of halogens is 2. The number of carbonyl (C=O) groups is 1. The Morgan fingerprint density at radius 2 is 1.79 bits per heavy atom. The lowest BCUT2D eigenvalue weighted by atomic mass is 9.90. The van der Waals surface area contributed by atoms with Crippen LogP contribution >= 0.6 is 0 Å². The van der Waals surface area contributed by atoms with Crippen molar-refractivity contribution in [1.82, 2.24) is 0 Å². The molecule has 1 unspecified atom stereocenters. The lowest BCUT2D eigenvalue weighted by Gasteiger charge is -2.14. The van der Waals surface area contributed by atoms with Crippen LogP contribution in [0, 0.1) is 11.6 Å². The lowest BCUT2D eigenvalue weighted by Crippen LogP contribution is -2.22. The molecule has 0 aliphatic carbocycles. The molecule has 4 heteroatoms. The second-order valence-corrected chi connectivity index (χ2v) is 4.19. The fourth-order valence-corrected chi connectivity index (χ4v) is 1.96. The Morgan fingerprint density at radius 3 is 2.37 bits per heavy atom. The van der Waals surface area contributed by atoms with E-state index in [0.717, 1.165) is 17.7 Å². The van der Waals surface area contributed by atoms with Gasteiger partial charge in [-0.1, -0.05) is 30.3 Å². The number of nitrogens with two attached hydrogens (primary N) is 1. The van der Waals surface area contributed by atoms with Gasteiger partial charge in [-0.15, -0.1) is 0 Å². The van der Waals surface area contributed by atoms with E-state index in [0.29, 0.717) is 6.07 Å². The molecule has 0 saturated heterocycles. The minimum absolute atomic E-state index is 0.0691. The lowest BCUT2D eigenvalue weighted by molar-refractivity contribution is 0.0958. The van der Waals surface area contributed by atoms with Gasteiger partial charge < -0.3 is 5.73 Å². The Kier molecular flexibility index (Phi) is 4.02. The third kappa shape index (κ3) is 2.85. The SMILES string of the molecule is NCC(C(=O)c1ccc(F)cc1F)c1ccccc1. The number of hydrogen-bond acceptors (Lipinski definition) is 2. The van der Waals surface area contributed by atoms with Crippen molar-refractivity contribution in [2.24, 2.45) is 5.73 Å². The van der Waals surface area contributed by atoms with Crippen LogP contribution in [-0.2, 0) is 0 Å². The summed E-state index contributed by atoms with van der Waals surface area (Å²) in [5.74, 6) is -2.63. The Labute approximate surface area is 109 Å². The zero-order valence-electron chi connectivity index (χ0n) is 10.1. The highest BCUT2D eigenvalue weighted by atomic mass is 19.1. The summed E-state index contributed by atoms with van der Waals surface area (Å²) in [6.07, 6.45) is 0. The number of ketones is 1.